The van der Waals surface area contributed by atoms with Gasteiger partial charge in [-0.25, -0.2) is 9.13 Å². The van der Waals surface area contributed by atoms with Gasteiger partial charge in [-0.3, -0.25) is 37.3 Å². The number of unbranched alkanes of at least 4 members (excludes halogenated alkanes) is 35. The van der Waals surface area contributed by atoms with E-state index in [1.54, 1.807) is 0 Å². The molecule has 86 heavy (non-hydrogen) atoms. The minimum Gasteiger partial charge on any atom is -0.462 e. The van der Waals surface area contributed by atoms with Crippen molar-refractivity contribution in [3.8, 4) is 0 Å². The second-order valence-electron chi connectivity index (χ2n) is 24.9. The maximum absolute atomic E-state index is 13.0. The van der Waals surface area contributed by atoms with Crippen molar-refractivity contribution in [2.75, 3.05) is 39.6 Å². The molecule has 19 heteroatoms. The van der Waals surface area contributed by atoms with Crippen LogP contribution in [-0.4, -0.2) is 96.7 Å². The molecule has 0 spiro atoms. The van der Waals surface area contributed by atoms with Crippen LogP contribution >= 0.6 is 15.6 Å². The fourth-order valence-corrected chi connectivity index (χ4v) is 11.6. The normalized spacial score (nSPS) is 14.5. The number of carbonyl (C=O) groups excluding carboxylic acids is 4. The van der Waals surface area contributed by atoms with Gasteiger partial charge < -0.3 is 33.8 Å². The number of hydrogen-bond acceptors (Lipinski definition) is 15. The highest BCUT2D eigenvalue weighted by Crippen LogP contribution is 2.45. The number of phosphoric ester groups is 2. The lowest BCUT2D eigenvalue weighted by Gasteiger charge is -2.21. The minimum absolute atomic E-state index is 0.106. The van der Waals surface area contributed by atoms with Gasteiger partial charge in [0, 0.05) is 25.7 Å². The van der Waals surface area contributed by atoms with Crippen molar-refractivity contribution in [2.24, 2.45) is 11.8 Å². The van der Waals surface area contributed by atoms with Crippen LogP contribution in [0.5, 0.6) is 0 Å². The molecule has 510 valence electrons. The molecule has 0 aromatic heterocycles. The van der Waals surface area contributed by atoms with E-state index in [1.807, 2.05) is 0 Å². The number of carbonyl (C=O) groups is 4. The van der Waals surface area contributed by atoms with Crippen molar-refractivity contribution in [3.63, 3.8) is 0 Å². The first kappa shape index (κ1) is 84.1. The molecule has 17 nitrogen and oxygen atoms in total. The Bertz CT molecular complexity index is 1690. The van der Waals surface area contributed by atoms with Crippen LogP contribution in [0.25, 0.3) is 0 Å². The van der Waals surface area contributed by atoms with E-state index in [0.29, 0.717) is 31.6 Å². The van der Waals surface area contributed by atoms with Crippen molar-refractivity contribution in [1.29, 1.82) is 0 Å². The van der Waals surface area contributed by atoms with Gasteiger partial charge >= 0.3 is 39.5 Å². The third-order valence-electron chi connectivity index (χ3n) is 15.8. The fourth-order valence-electron chi connectivity index (χ4n) is 10.0. The molecule has 0 aliphatic heterocycles. The van der Waals surface area contributed by atoms with Crippen LogP contribution in [0.4, 0.5) is 0 Å². The van der Waals surface area contributed by atoms with Gasteiger partial charge in [0.2, 0.25) is 0 Å². The van der Waals surface area contributed by atoms with Gasteiger partial charge in [0.05, 0.1) is 26.4 Å². The first-order valence-electron chi connectivity index (χ1n) is 35.0. The largest absolute Gasteiger partial charge is 0.472 e. The average Bonchev–Trinajstić information content (AvgIpc) is 3.51. The molecule has 3 N–H and O–H groups in total. The molecule has 0 rings (SSSR count). The fraction of sp³-hybridized carbons (Fsp3) is 0.940. The van der Waals surface area contributed by atoms with Gasteiger partial charge in [0.25, 0.3) is 0 Å². The van der Waals surface area contributed by atoms with E-state index in [2.05, 4.69) is 41.5 Å². The van der Waals surface area contributed by atoms with Crippen molar-refractivity contribution in [1.82, 2.24) is 0 Å². The van der Waals surface area contributed by atoms with E-state index >= 15 is 0 Å². The maximum atomic E-state index is 13.0. The summed E-state index contributed by atoms with van der Waals surface area (Å²) in [5, 5.41) is 10.5. The smallest absolute Gasteiger partial charge is 0.462 e. The summed E-state index contributed by atoms with van der Waals surface area (Å²) >= 11 is 0. The highest BCUT2D eigenvalue weighted by Gasteiger charge is 2.30. The number of rotatable bonds is 66. The standard InChI is InChI=1S/C67H130O17P2/c1-7-10-12-14-16-24-31-37-43-49-64(69)77-55-62(83-66(71)51-45-39-32-25-17-15-13-11-8-2)57-81-85(73,74)79-53-61(68)54-80-86(75,76)82-58-63(56-78-65(70)50-44-38-34-28-29-35-41-47-59(4)5)84-67(72)52-46-40-33-27-23-21-19-18-20-22-26-30-36-42-48-60(6)9-3/h59-63,68H,7-58H2,1-6H3,(H,73,74)(H,75,76)/t60?,61-,62+,63+/m0/s1. The first-order chi connectivity index (χ1) is 41.4. The number of esters is 4. The Morgan fingerprint density at radius 3 is 0.884 bits per heavy atom. The predicted molar refractivity (Wildman–Crippen MR) is 345 cm³/mol. The molecule has 0 heterocycles. The summed E-state index contributed by atoms with van der Waals surface area (Å²) in [6.45, 7) is 9.49. The predicted octanol–water partition coefficient (Wildman–Crippen LogP) is 18.8. The molecule has 0 saturated heterocycles. The number of aliphatic hydroxyl groups is 1. The summed E-state index contributed by atoms with van der Waals surface area (Å²) < 4.78 is 68.0. The summed E-state index contributed by atoms with van der Waals surface area (Å²) in [5.74, 6) is -0.581. The quantitative estimate of drug-likeness (QED) is 0.0222. The molecule has 0 amide bonds. The van der Waals surface area contributed by atoms with E-state index in [0.717, 1.165) is 102 Å². The van der Waals surface area contributed by atoms with Crippen LogP contribution in [0.15, 0.2) is 0 Å². The Kier molecular flexibility index (Phi) is 58.0. The minimum atomic E-state index is -4.95. The molecule has 3 unspecified atom stereocenters. The van der Waals surface area contributed by atoms with Crippen molar-refractivity contribution in [3.05, 3.63) is 0 Å². The molecular weight excluding hydrogens is 1140 g/mol. The van der Waals surface area contributed by atoms with E-state index in [1.165, 1.54) is 148 Å². The molecule has 0 saturated carbocycles. The zero-order valence-corrected chi connectivity index (χ0v) is 57.4. The summed E-state index contributed by atoms with van der Waals surface area (Å²) in [7, 11) is -9.89. The van der Waals surface area contributed by atoms with Crippen molar-refractivity contribution in [2.45, 2.75) is 355 Å². The molecular formula is C67H130O17P2. The molecule has 0 bridgehead atoms. The Morgan fingerprint density at radius 2 is 0.593 bits per heavy atom. The van der Waals surface area contributed by atoms with Crippen LogP contribution in [0.3, 0.4) is 0 Å². The van der Waals surface area contributed by atoms with E-state index < -0.39 is 97.5 Å². The van der Waals surface area contributed by atoms with E-state index in [4.69, 9.17) is 37.0 Å². The number of ether oxygens (including phenoxy) is 4. The Morgan fingerprint density at radius 1 is 0.337 bits per heavy atom. The van der Waals surface area contributed by atoms with Crippen LogP contribution < -0.4 is 0 Å². The molecule has 0 aliphatic carbocycles. The van der Waals surface area contributed by atoms with Crippen LogP contribution in [0.2, 0.25) is 0 Å². The zero-order chi connectivity index (χ0) is 63.6. The van der Waals surface area contributed by atoms with Gasteiger partial charge in [-0.05, 0) is 37.5 Å². The average molecular weight is 1270 g/mol. The molecule has 0 radical (unpaired) electrons. The maximum Gasteiger partial charge on any atom is 0.472 e. The van der Waals surface area contributed by atoms with Gasteiger partial charge in [-0.1, -0.05) is 286 Å². The van der Waals surface area contributed by atoms with Gasteiger partial charge in [-0.2, -0.15) is 0 Å². The zero-order valence-electron chi connectivity index (χ0n) is 55.6. The molecule has 0 fully saturated rings. The molecule has 0 aromatic carbocycles. The number of aliphatic hydroxyl groups excluding tert-OH is 1. The topological polar surface area (TPSA) is 237 Å². The lowest BCUT2D eigenvalue weighted by atomic mass is 9.99. The highest BCUT2D eigenvalue weighted by atomic mass is 31.2. The van der Waals surface area contributed by atoms with Gasteiger partial charge in [0.1, 0.15) is 19.3 Å². The van der Waals surface area contributed by atoms with E-state index in [9.17, 15) is 43.2 Å². The van der Waals surface area contributed by atoms with Crippen LogP contribution in [0, 0.1) is 11.8 Å². The SMILES string of the molecule is CCCCCCCCCCCC(=O)OC[C@H](COP(=O)(O)OC[C@H](O)COP(=O)(O)OC[C@@H](COC(=O)CCCCCCCCCC(C)C)OC(=O)CCCCCCCCCCCCCCCCC(C)CC)OC(=O)CCCCCCCCCCC. The lowest BCUT2D eigenvalue weighted by molar-refractivity contribution is -0.161. The Balaban J connectivity index is 5.18. The summed E-state index contributed by atoms with van der Waals surface area (Å²) in [6, 6.07) is 0. The molecule has 0 aromatic rings. The lowest BCUT2D eigenvalue weighted by Crippen LogP contribution is -2.30. The van der Waals surface area contributed by atoms with Gasteiger partial charge in [0.15, 0.2) is 12.2 Å². The second kappa shape index (κ2) is 59.4. The monoisotopic (exact) mass is 1270 g/mol. The van der Waals surface area contributed by atoms with Crippen LogP contribution in [0.1, 0.15) is 337 Å². The summed E-state index contributed by atoms with van der Waals surface area (Å²) in [5.41, 5.74) is 0. The Hall–Kier alpha value is -1.94. The third-order valence-corrected chi connectivity index (χ3v) is 17.7. The number of hydrogen-bond donors (Lipinski definition) is 3. The Labute approximate surface area is 524 Å². The third kappa shape index (κ3) is 59.7. The first-order valence-corrected chi connectivity index (χ1v) is 38.0. The van der Waals surface area contributed by atoms with Crippen LogP contribution in [-0.2, 0) is 65.4 Å². The number of phosphoric acid groups is 2. The molecule has 0 aliphatic rings. The summed E-state index contributed by atoms with van der Waals surface area (Å²) in [4.78, 5) is 72.2. The van der Waals surface area contributed by atoms with Crippen molar-refractivity contribution < 1.29 is 80.2 Å². The molecule has 6 atom stereocenters. The van der Waals surface area contributed by atoms with E-state index in [-0.39, 0.29) is 25.7 Å². The van der Waals surface area contributed by atoms with Crippen molar-refractivity contribution >= 4 is 39.5 Å². The van der Waals surface area contributed by atoms with Gasteiger partial charge in [-0.15, -0.1) is 0 Å². The second-order valence-corrected chi connectivity index (χ2v) is 27.8. The summed E-state index contributed by atoms with van der Waals surface area (Å²) in [6.07, 6.45) is 43.1. The highest BCUT2D eigenvalue weighted by molar-refractivity contribution is 7.47.